The molecule has 1 saturated heterocycles. The lowest BCUT2D eigenvalue weighted by Crippen LogP contribution is -2.53. The second-order valence-electron chi connectivity index (χ2n) is 5.42. The summed E-state index contributed by atoms with van der Waals surface area (Å²) in [5, 5.41) is 9.78. The van der Waals surface area contributed by atoms with E-state index in [2.05, 4.69) is 47.2 Å². The summed E-state index contributed by atoms with van der Waals surface area (Å²) in [6, 6.07) is 11.1. The highest BCUT2D eigenvalue weighted by molar-refractivity contribution is 5.43. The zero-order valence-electron chi connectivity index (χ0n) is 10.9. The van der Waals surface area contributed by atoms with E-state index in [1.807, 2.05) is 0 Å². The molecule has 0 radical (unpaired) electrons. The number of likely N-dealkylation sites (N-methyl/N-ethyl adjacent to an activating group) is 1. The van der Waals surface area contributed by atoms with Crippen molar-refractivity contribution in [2.24, 2.45) is 0 Å². The van der Waals surface area contributed by atoms with Crippen molar-refractivity contribution in [1.29, 1.82) is 5.26 Å². The Morgan fingerprint density at radius 1 is 1.17 bits per heavy atom. The Hall–Kier alpha value is -1.37. The molecule has 1 aromatic rings. The van der Waals surface area contributed by atoms with E-state index in [4.69, 9.17) is 0 Å². The molecular formula is C15H19N3. The second kappa shape index (κ2) is 4.38. The third-order valence-corrected chi connectivity index (χ3v) is 4.45. The maximum atomic E-state index is 9.78. The van der Waals surface area contributed by atoms with E-state index in [1.54, 1.807) is 0 Å². The van der Waals surface area contributed by atoms with E-state index in [-0.39, 0.29) is 5.54 Å². The van der Waals surface area contributed by atoms with Crippen LogP contribution in [0.5, 0.6) is 0 Å². The van der Waals surface area contributed by atoms with Crippen LogP contribution < -0.4 is 0 Å². The summed E-state index contributed by atoms with van der Waals surface area (Å²) in [6.45, 7) is 4.12. The Labute approximate surface area is 109 Å². The van der Waals surface area contributed by atoms with Gasteiger partial charge in [0.25, 0.3) is 0 Å². The standard InChI is InChI=1S/C15H19N3/c1-17-8-10-18(11-9-17)15(12-16)7-6-13-4-2-3-5-14(13)15/h2-5H,6-11H2,1H3. The van der Waals surface area contributed by atoms with Gasteiger partial charge in [-0.2, -0.15) is 5.26 Å². The lowest BCUT2D eigenvalue weighted by Gasteiger charge is -2.41. The number of nitriles is 1. The molecule has 1 heterocycles. The van der Waals surface area contributed by atoms with Crippen LogP contribution in [-0.4, -0.2) is 43.0 Å². The highest BCUT2D eigenvalue weighted by atomic mass is 15.3. The number of aryl methyl sites for hydroxylation is 1. The summed E-state index contributed by atoms with van der Waals surface area (Å²) >= 11 is 0. The van der Waals surface area contributed by atoms with Gasteiger partial charge in [-0.3, -0.25) is 4.90 Å². The van der Waals surface area contributed by atoms with E-state index in [0.717, 1.165) is 39.0 Å². The van der Waals surface area contributed by atoms with E-state index < -0.39 is 0 Å². The summed E-state index contributed by atoms with van der Waals surface area (Å²) in [6.07, 6.45) is 1.99. The fourth-order valence-corrected chi connectivity index (χ4v) is 3.30. The van der Waals surface area contributed by atoms with E-state index in [9.17, 15) is 5.26 Å². The minimum absolute atomic E-state index is 0.363. The van der Waals surface area contributed by atoms with Gasteiger partial charge < -0.3 is 4.90 Å². The largest absolute Gasteiger partial charge is 0.304 e. The Morgan fingerprint density at radius 2 is 1.89 bits per heavy atom. The van der Waals surface area contributed by atoms with Crippen LogP contribution in [0.4, 0.5) is 0 Å². The maximum absolute atomic E-state index is 9.78. The number of benzene rings is 1. The lowest BCUT2D eigenvalue weighted by atomic mass is 9.90. The van der Waals surface area contributed by atoms with Crippen molar-refractivity contribution in [3.05, 3.63) is 35.4 Å². The number of fused-ring (bicyclic) bond motifs is 1. The summed E-state index contributed by atoms with van der Waals surface area (Å²) in [7, 11) is 2.15. The average Bonchev–Trinajstić information content (AvgIpc) is 2.80. The molecule has 1 aliphatic heterocycles. The van der Waals surface area contributed by atoms with Crippen LogP contribution in [0.15, 0.2) is 24.3 Å². The summed E-state index contributed by atoms with van der Waals surface area (Å²) < 4.78 is 0. The van der Waals surface area contributed by atoms with Gasteiger partial charge in [0.2, 0.25) is 0 Å². The Balaban J connectivity index is 1.95. The molecule has 0 bridgehead atoms. The molecule has 1 fully saturated rings. The molecule has 3 rings (SSSR count). The van der Waals surface area contributed by atoms with Gasteiger partial charge in [0, 0.05) is 26.2 Å². The third-order valence-electron chi connectivity index (χ3n) is 4.45. The monoisotopic (exact) mass is 241 g/mol. The predicted molar refractivity (Wildman–Crippen MR) is 71.1 cm³/mol. The number of nitrogens with zero attached hydrogens (tertiary/aromatic N) is 3. The van der Waals surface area contributed by atoms with Gasteiger partial charge in [-0.05, 0) is 31.0 Å². The highest BCUT2D eigenvalue weighted by Crippen LogP contribution is 2.41. The van der Waals surface area contributed by atoms with Crippen LogP contribution in [0.3, 0.4) is 0 Å². The molecule has 3 nitrogen and oxygen atoms in total. The van der Waals surface area contributed by atoms with Gasteiger partial charge in [-0.15, -0.1) is 0 Å². The van der Waals surface area contributed by atoms with Crippen LogP contribution in [0, 0.1) is 11.3 Å². The van der Waals surface area contributed by atoms with E-state index in [0.29, 0.717) is 0 Å². The van der Waals surface area contributed by atoms with Crippen LogP contribution in [0.2, 0.25) is 0 Å². The first-order valence-electron chi connectivity index (χ1n) is 6.69. The molecule has 18 heavy (non-hydrogen) atoms. The quantitative estimate of drug-likeness (QED) is 0.748. The minimum Gasteiger partial charge on any atom is -0.304 e. The number of rotatable bonds is 1. The Kier molecular flexibility index (Phi) is 2.85. The molecule has 0 amide bonds. The number of hydrogen-bond donors (Lipinski definition) is 0. The molecule has 0 spiro atoms. The number of piperazine rings is 1. The van der Waals surface area contributed by atoms with Crippen molar-refractivity contribution in [1.82, 2.24) is 9.80 Å². The molecule has 0 saturated carbocycles. The predicted octanol–water partition coefficient (Wildman–Crippen LogP) is 1.60. The Morgan fingerprint density at radius 3 is 2.61 bits per heavy atom. The lowest BCUT2D eigenvalue weighted by molar-refractivity contribution is 0.0727. The van der Waals surface area contributed by atoms with E-state index >= 15 is 0 Å². The van der Waals surface area contributed by atoms with Gasteiger partial charge in [0.15, 0.2) is 0 Å². The molecular weight excluding hydrogens is 222 g/mol. The van der Waals surface area contributed by atoms with Gasteiger partial charge in [0.05, 0.1) is 6.07 Å². The topological polar surface area (TPSA) is 30.3 Å². The molecule has 1 aromatic carbocycles. The molecule has 3 heteroatoms. The van der Waals surface area contributed by atoms with Crippen molar-refractivity contribution < 1.29 is 0 Å². The SMILES string of the molecule is CN1CCN(C2(C#N)CCc3ccccc32)CC1. The first-order valence-corrected chi connectivity index (χ1v) is 6.69. The zero-order chi connectivity index (χ0) is 12.6. The fraction of sp³-hybridized carbons (Fsp3) is 0.533. The van der Waals surface area contributed by atoms with Gasteiger partial charge in [0.1, 0.15) is 5.54 Å². The van der Waals surface area contributed by atoms with E-state index in [1.165, 1.54) is 11.1 Å². The second-order valence-corrected chi connectivity index (χ2v) is 5.42. The van der Waals surface area contributed by atoms with Gasteiger partial charge >= 0.3 is 0 Å². The van der Waals surface area contributed by atoms with Crippen molar-refractivity contribution in [2.45, 2.75) is 18.4 Å². The zero-order valence-corrected chi connectivity index (χ0v) is 10.9. The normalized spacial score (nSPS) is 28.9. The first-order chi connectivity index (χ1) is 8.76. The van der Waals surface area contributed by atoms with Crippen molar-refractivity contribution in [3.8, 4) is 6.07 Å². The van der Waals surface area contributed by atoms with Crippen LogP contribution >= 0.6 is 0 Å². The summed E-state index contributed by atoms with van der Waals surface area (Å²) in [4.78, 5) is 4.72. The summed E-state index contributed by atoms with van der Waals surface area (Å²) in [5.41, 5.74) is 2.24. The summed E-state index contributed by atoms with van der Waals surface area (Å²) in [5.74, 6) is 0. The molecule has 0 aromatic heterocycles. The molecule has 94 valence electrons. The third kappa shape index (κ3) is 1.65. The maximum Gasteiger partial charge on any atom is 0.135 e. The smallest absolute Gasteiger partial charge is 0.135 e. The highest BCUT2D eigenvalue weighted by Gasteiger charge is 2.44. The van der Waals surface area contributed by atoms with Crippen molar-refractivity contribution in [3.63, 3.8) is 0 Å². The Bertz CT molecular complexity index is 483. The molecule has 0 N–H and O–H groups in total. The molecule has 1 unspecified atom stereocenters. The number of hydrogen-bond acceptors (Lipinski definition) is 3. The fourth-order valence-electron chi connectivity index (χ4n) is 3.30. The van der Waals surface area contributed by atoms with Gasteiger partial charge in [-0.25, -0.2) is 0 Å². The average molecular weight is 241 g/mol. The van der Waals surface area contributed by atoms with Crippen LogP contribution in [0.1, 0.15) is 17.5 Å². The minimum atomic E-state index is -0.363. The molecule has 1 aliphatic carbocycles. The van der Waals surface area contributed by atoms with Crippen LogP contribution in [-0.2, 0) is 12.0 Å². The van der Waals surface area contributed by atoms with Gasteiger partial charge in [-0.1, -0.05) is 24.3 Å². The van der Waals surface area contributed by atoms with Crippen LogP contribution in [0.25, 0.3) is 0 Å². The van der Waals surface area contributed by atoms with Crippen molar-refractivity contribution in [2.75, 3.05) is 33.2 Å². The first kappa shape index (κ1) is 11.7. The molecule has 2 aliphatic rings. The molecule has 1 atom stereocenters. The van der Waals surface area contributed by atoms with Crippen molar-refractivity contribution >= 4 is 0 Å².